The summed E-state index contributed by atoms with van der Waals surface area (Å²) in [6.45, 7) is 0.723. The van der Waals surface area contributed by atoms with Crippen molar-refractivity contribution in [3.05, 3.63) is 41.2 Å². The zero-order valence-corrected chi connectivity index (χ0v) is 14.0. The Bertz CT molecular complexity index is 901. The lowest BCUT2D eigenvalue weighted by molar-refractivity contribution is 0.177. The summed E-state index contributed by atoms with van der Waals surface area (Å²) in [6.07, 6.45) is 1.03. The lowest BCUT2D eigenvalue weighted by Gasteiger charge is -2.23. The number of nitrogens with one attached hydrogen (secondary N) is 1. The number of methoxy groups -OCH3 is 1. The molecule has 7 nitrogen and oxygen atoms in total. The van der Waals surface area contributed by atoms with Gasteiger partial charge in [-0.15, -0.1) is 0 Å². The van der Waals surface area contributed by atoms with Gasteiger partial charge in [0.05, 0.1) is 6.04 Å². The molecule has 1 unspecified atom stereocenters. The van der Waals surface area contributed by atoms with E-state index in [0.29, 0.717) is 37.1 Å². The van der Waals surface area contributed by atoms with E-state index < -0.39 is 38.4 Å². The number of nitrogens with zero attached hydrogens (tertiary/aromatic N) is 3. The Kier molecular flexibility index (Phi) is 4.80. The summed E-state index contributed by atoms with van der Waals surface area (Å²) in [4.78, 5) is 3.27. The predicted molar refractivity (Wildman–Crippen MR) is 79.3 cm³/mol. The average molecular weight is 376 g/mol. The lowest BCUT2D eigenvalue weighted by Crippen LogP contribution is -2.33. The zero-order chi connectivity index (χ0) is 18.2. The number of sulfonamides is 1. The number of rotatable bonds is 5. The first-order valence-electron chi connectivity index (χ1n) is 7.41. The Labute approximate surface area is 141 Å². The highest BCUT2D eigenvalue weighted by Crippen LogP contribution is 2.27. The third kappa shape index (κ3) is 3.53. The van der Waals surface area contributed by atoms with Crippen LogP contribution in [0.5, 0.6) is 0 Å². The first-order valence-corrected chi connectivity index (χ1v) is 8.89. The second-order valence-electron chi connectivity index (χ2n) is 5.56. The molecule has 0 saturated carbocycles. The maximum atomic E-state index is 13.8. The Morgan fingerprint density at radius 1 is 1.28 bits per heavy atom. The summed E-state index contributed by atoms with van der Waals surface area (Å²) < 4.78 is 73.7. The van der Waals surface area contributed by atoms with Crippen LogP contribution in [-0.4, -0.2) is 30.3 Å². The van der Waals surface area contributed by atoms with E-state index in [9.17, 15) is 21.6 Å². The quantitative estimate of drug-likeness (QED) is 0.802. The molecule has 2 aromatic rings. The molecule has 1 atom stereocenters. The number of halogens is 3. The summed E-state index contributed by atoms with van der Waals surface area (Å²) in [5, 5.41) is 4.20. The SMILES string of the molecule is COCc1nc2n(n1)CCCC2NS(=O)(=O)c1cc(F)c(F)cc1F. The molecule has 1 aliphatic heterocycles. The fourth-order valence-electron chi connectivity index (χ4n) is 2.66. The molecular formula is C14H15F3N4O3S. The number of benzene rings is 1. The third-order valence-corrected chi connectivity index (χ3v) is 5.24. The Balaban J connectivity index is 1.91. The van der Waals surface area contributed by atoms with E-state index in [1.807, 2.05) is 0 Å². The summed E-state index contributed by atoms with van der Waals surface area (Å²) >= 11 is 0. The maximum Gasteiger partial charge on any atom is 0.244 e. The molecule has 0 saturated heterocycles. The van der Waals surface area contributed by atoms with Gasteiger partial charge in [-0.25, -0.2) is 36.0 Å². The largest absolute Gasteiger partial charge is 0.377 e. The molecule has 0 fully saturated rings. The molecule has 0 spiro atoms. The van der Waals surface area contributed by atoms with Crippen LogP contribution in [0.2, 0.25) is 0 Å². The van der Waals surface area contributed by atoms with Crippen molar-refractivity contribution in [2.75, 3.05) is 7.11 Å². The standard InChI is InChI=1S/C14H15F3N4O3S/c1-24-7-13-18-14-11(3-2-4-21(14)19-13)20-25(22,23)12-6-9(16)8(15)5-10(12)17/h5-6,11,20H,2-4,7H2,1H3. The lowest BCUT2D eigenvalue weighted by atomic mass is 10.1. The van der Waals surface area contributed by atoms with Gasteiger partial charge in [0.15, 0.2) is 17.5 Å². The van der Waals surface area contributed by atoms with Gasteiger partial charge in [-0.2, -0.15) is 5.10 Å². The highest BCUT2D eigenvalue weighted by molar-refractivity contribution is 7.89. The van der Waals surface area contributed by atoms with E-state index in [0.717, 1.165) is 0 Å². The van der Waals surface area contributed by atoms with Gasteiger partial charge in [0.25, 0.3) is 0 Å². The number of ether oxygens (including phenoxy) is 1. The van der Waals surface area contributed by atoms with Crippen LogP contribution in [0.1, 0.15) is 30.5 Å². The second kappa shape index (κ2) is 6.73. The molecular weight excluding hydrogens is 361 g/mol. The average Bonchev–Trinajstić information content (AvgIpc) is 2.94. The number of hydrogen-bond donors (Lipinski definition) is 1. The van der Waals surface area contributed by atoms with Crippen LogP contribution in [0.25, 0.3) is 0 Å². The first-order chi connectivity index (χ1) is 11.8. The second-order valence-corrected chi connectivity index (χ2v) is 7.24. The minimum Gasteiger partial charge on any atom is -0.377 e. The topological polar surface area (TPSA) is 86.1 Å². The van der Waals surface area contributed by atoms with Gasteiger partial charge in [-0.3, -0.25) is 0 Å². The molecule has 1 aliphatic rings. The zero-order valence-electron chi connectivity index (χ0n) is 13.2. The van der Waals surface area contributed by atoms with E-state index in [1.165, 1.54) is 7.11 Å². The number of aryl methyl sites for hydroxylation is 1. The molecule has 0 aliphatic carbocycles. The van der Waals surface area contributed by atoms with Crippen molar-refractivity contribution in [1.29, 1.82) is 0 Å². The van der Waals surface area contributed by atoms with Crippen molar-refractivity contribution < 1.29 is 26.3 Å². The van der Waals surface area contributed by atoms with Gasteiger partial charge >= 0.3 is 0 Å². The monoisotopic (exact) mass is 376 g/mol. The van der Waals surface area contributed by atoms with Gasteiger partial charge in [-0.1, -0.05) is 0 Å². The van der Waals surface area contributed by atoms with E-state index in [-0.39, 0.29) is 12.7 Å². The molecule has 0 bridgehead atoms. The molecule has 1 aromatic heterocycles. The molecule has 0 radical (unpaired) electrons. The molecule has 1 N–H and O–H groups in total. The first kappa shape index (κ1) is 17.8. The van der Waals surface area contributed by atoms with Crippen molar-refractivity contribution in [1.82, 2.24) is 19.5 Å². The highest BCUT2D eigenvalue weighted by atomic mass is 32.2. The smallest absolute Gasteiger partial charge is 0.244 e. The van der Waals surface area contributed by atoms with Crippen LogP contribution in [0.15, 0.2) is 17.0 Å². The Hall–Kier alpha value is -1.98. The molecule has 1 aromatic carbocycles. The molecule has 0 amide bonds. The van der Waals surface area contributed by atoms with Crippen molar-refractivity contribution >= 4 is 10.0 Å². The fraction of sp³-hybridized carbons (Fsp3) is 0.429. The summed E-state index contributed by atoms with van der Waals surface area (Å²) in [5.41, 5.74) is 0. The fourth-order valence-corrected chi connectivity index (χ4v) is 3.96. The van der Waals surface area contributed by atoms with Gasteiger partial charge in [0.2, 0.25) is 10.0 Å². The van der Waals surface area contributed by atoms with Crippen LogP contribution in [0, 0.1) is 17.5 Å². The number of fused-ring (bicyclic) bond motifs is 1. The van der Waals surface area contributed by atoms with E-state index in [2.05, 4.69) is 14.8 Å². The van der Waals surface area contributed by atoms with E-state index >= 15 is 0 Å². The van der Waals surface area contributed by atoms with Crippen molar-refractivity contribution in [2.24, 2.45) is 0 Å². The maximum absolute atomic E-state index is 13.8. The minimum absolute atomic E-state index is 0.164. The molecule has 3 rings (SSSR count). The van der Waals surface area contributed by atoms with Crippen molar-refractivity contribution in [2.45, 2.75) is 36.9 Å². The molecule has 136 valence electrons. The van der Waals surface area contributed by atoms with Gasteiger partial charge < -0.3 is 4.74 Å². The van der Waals surface area contributed by atoms with E-state index in [1.54, 1.807) is 4.68 Å². The van der Waals surface area contributed by atoms with Gasteiger partial charge in [0.1, 0.15) is 23.1 Å². The third-order valence-electron chi connectivity index (χ3n) is 3.75. The predicted octanol–water partition coefficient (Wildman–Crippen LogP) is 1.66. The van der Waals surface area contributed by atoms with Crippen LogP contribution in [0.4, 0.5) is 13.2 Å². The van der Waals surface area contributed by atoms with Gasteiger partial charge in [-0.05, 0) is 18.9 Å². The van der Waals surface area contributed by atoms with E-state index in [4.69, 9.17) is 4.74 Å². The summed E-state index contributed by atoms with van der Waals surface area (Å²) in [5.74, 6) is -3.52. The van der Waals surface area contributed by atoms with Crippen LogP contribution < -0.4 is 4.72 Å². The molecule has 2 heterocycles. The Morgan fingerprint density at radius 2 is 2.00 bits per heavy atom. The van der Waals surface area contributed by atoms with Crippen LogP contribution in [0.3, 0.4) is 0 Å². The minimum atomic E-state index is -4.42. The normalized spacial score (nSPS) is 17.5. The number of aromatic nitrogens is 3. The highest BCUT2D eigenvalue weighted by Gasteiger charge is 2.31. The summed E-state index contributed by atoms with van der Waals surface area (Å²) in [7, 11) is -2.94. The van der Waals surface area contributed by atoms with Crippen LogP contribution >= 0.6 is 0 Å². The molecule has 25 heavy (non-hydrogen) atoms. The van der Waals surface area contributed by atoms with Crippen LogP contribution in [-0.2, 0) is 27.9 Å². The van der Waals surface area contributed by atoms with Crippen molar-refractivity contribution in [3.8, 4) is 0 Å². The summed E-state index contributed by atoms with van der Waals surface area (Å²) in [6, 6.07) is -0.245. The molecule has 11 heteroatoms. The Morgan fingerprint density at radius 3 is 2.72 bits per heavy atom. The van der Waals surface area contributed by atoms with Crippen molar-refractivity contribution in [3.63, 3.8) is 0 Å². The van der Waals surface area contributed by atoms with Gasteiger partial charge in [0, 0.05) is 19.7 Å². The number of hydrogen-bond acceptors (Lipinski definition) is 5.